The summed E-state index contributed by atoms with van der Waals surface area (Å²) in [7, 11) is 0. The third-order valence-corrected chi connectivity index (χ3v) is 5.12. The molecule has 0 saturated carbocycles. The van der Waals surface area contributed by atoms with Crippen molar-refractivity contribution in [3.8, 4) is 11.3 Å². The Morgan fingerprint density at radius 1 is 1.08 bits per heavy atom. The van der Waals surface area contributed by atoms with Gasteiger partial charge in [-0.15, -0.1) is 11.3 Å². The zero-order valence-corrected chi connectivity index (χ0v) is 16.0. The summed E-state index contributed by atoms with van der Waals surface area (Å²) in [5.74, 6) is 0. The van der Waals surface area contributed by atoms with Gasteiger partial charge >= 0.3 is 0 Å². The molecule has 0 N–H and O–H groups in total. The van der Waals surface area contributed by atoms with E-state index in [0.717, 1.165) is 38.4 Å². The van der Waals surface area contributed by atoms with Gasteiger partial charge in [0, 0.05) is 22.0 Å². The number of aromatic nitrogens is 1. The summed E-state index contributed by atoms with van der Waals surface area (Å²) >= 11 is 5.25. The molecular weight excluding hydrogens is 382 g/mol. The third-order valence-electron chi connectivity index (χ3n) is 3.57. The molecular formula is C19H18BrN3S. The fourth-order valence-electron chi connectivity index (χ4n) is 2.38. The van der Waals surface area contributed by atoms with Gasteiger partial charge in [0.1, 0.15) is 0 Å². The molecule has 0 saturated heterocycles. The van der Waals surface area contributed by atoms with Crippen molar-refractivity contribution in [3.63, 3.8) is 0 Å². The van der Waals surface area contributed by atoms with Gasteiger partial charge in [-0.2, -0.15) is 5.10 Å². The van der Waals surface area contributed by atoms with Crippen molar-refractivity contribution in [1.82, 2.24) is 4.68 Å². The highest BCUT2D eigenvalue weighted by molar-refractivity contribution is 9.10. The van der Waals surface area contributed by atoms with E-state index < -0.39 is 0 Å². The molecule has 0 spiro atoms. The summed E-state index contributed by atoms with van der Waals surface area (Å²) in [4.78, 5) is 5.49. The number of thiazole rings is 1. The molecule has 5 heteroatoms. The van der Waals surface area contributed by atoms with E-state index in [1.807, 2.05) is 54.9 Å². The first-order valence-electron chi connectivity index (χ1n) is 7.77. The van der Waals surface area contributed by atoms with E-state index in [2.05, 4.69) is 44.5 Å². The Kier molecular flexibility index (Phi) is 5.43. The van der Waals surface area contributed by atoms with Crippen LogP contribution in [0.5, 0.6) is 0 Å². The molecule has 3 nitrogen and oxygen atoms in total. The Hall–Kier alpha value is -1.98. The van der Waals surface area contributed by atoms with Gasteiger partial charge in [0.15, 0.2) is 0 Å². The van der Waals surface area contributed by atoms with Crippen LogP contribution in [0, 0.1) is 0 Å². The topological polar surface area (TPSA) is 29.6 Å². The molecule has 122 valence electrons. The van der Waals surface area contributed by atoms with E-state index in [1.54, 1.807) is 11.3 Å². The zero-order valence-electron chi connectivity index (χ0n) is 13.6. The molecule has 1 aromatic heterocycles. The number of hydrogen-bond acceptors (Lipinski definition) is 3. The van der Waals surface area contributed by atoms with E-state index in [9.17, 15) is 0 Å². The maximum absolute atomic E-state index is 4.85. The van der Waals surface area contributed by atoms with Crippen LogP contribution < -0.4 is 4.80 Å². The SMILES string of the molecule is CCN=c1scc(-c2ccccc2Br)n1N=C(C)c1ccccc1. The van der Waals surface area contributed by atoms with Gasteiger partial charge in [-0.25, -0.2) is 4.68 Å². The standard InChI is InChI=1S/C19H18BrN3S/c1-3-21-19-23(22-14(2)15-9-5-4-6-10-15)18(13-24-19)16-11-7-8-12-17(16)20/h4-13H,3H2,1-2H3. The molecule has 0 amide bonds. The molecule has 0 aliphatic rings. The van der Waals surface area contributed by atoms with Crippen molar-refractivity contribution in [1.29, 1.82) is 0 Å². The van der Waals surface area contributed by atoms with Crippen molar-refractivity contribution in [2.45, 2.75) is 13.8 Å². The smallest absolute Gasteiger partial charge is 0.206 e. The van der Waals surface area contributed by atoms with Gasteiger partial charge in [-0.1, -0.05) is 64.5 Å². The van der Waals surface area contributed by atoms with Gasteiger partial charge in [-0.3, -0.25) is 4.99 Å². The van der Waals surface area contributed by atoms with E-state index in [4.69, 9.17) is 5.10 Å². The van der Waals surface area contributed by atoms with Crippen molar-refractivity contribution in [2.24, 2.45) is 10.1 Å². The second-order valence-corrected chi connectivity index (χ2v) is 6.91. The molecule has 3 rings (SSSR count). The van der Waals surface area contributed by atoms with Gasteiger partial charge in [0.25, 0.3) is 0 Å². The fraction of sp³-hybridized carbons (Fsp3) is 0.158. The molecule has 24 heavy (non-hydrogen) atoms. The van der Waals surface area contributed by atoms with Crippen LogP contribution in [0.15, 0.2) is 74.5 Å². The zero-order chi connectivity index (χ0) is 16.9. The fourth-order valence-corrected chi connectivity index (χ4v) is 3.76. The predicted molar refractivity (Wildman–Crippen MR) is 106 cm³/mol. The van der Waals surface area contributed by atoms with E-state index in [0.29, 0.717) is 0 Å². The summed E-state index contributed by atoms with van der Waals surface area (Å²) in [6.07, 6.45) is 0. The number of nitrogens with zero attached hydrogens (tertiary/aromatic N) is 3. The van der Waals surface area contributed by atoms with Gasteiger partial charge in [-0.05, 0) is 25.5 Å². The summed E-state index contributed by atoms with van der Waals surface area (Å²) in [6.45, 7) is 4.80. The average Bonchev–Trinajstić information content (AvgIpc) is 2.99. The first-order chi connectivity index (χ1) is 11.7. The number of hydrogen-bond donors (Lipinski definition) is 0. The highest BCUT2D eigenvalue weighted by Gasteiger charge is 2.11. The quantitative estimate of drug-likeness (QED) is 0.541. The van der Waals surface area contributed by atoms with Gasteiger partial charge in [0.2, 0.25) is 4.80 Å². The summed E-state index contributed by atoms with van der Waals surface area (Å²) in [6, 6.07) is 18.4. The van der Waals surface area contributed by atoms with Crippen LogP contribution in [0.4, 0.5) is 0 Å². The van der Waals surface area contributed by atoms with Crippen LogP contribution in [0.2, 0.25) is 0 Å². The molecule has 0 unspecified atom stereocenters. The first kappa shape index (κ1) is 16.9. The molecule has 0 fully saturated rings. The lowest BCUT2D eigenvalue weighted by Gasteiger charge is -2.07. The molecule has 0 radical (unpaired) electrons. The van der Waals surface area contributed by atoms with E-state index in [1.165, 1.54) is 0 Å². The van der Waals surface area contributed by atoms with Gasteiger partial charge < -0.3 is 0 Å². The average molecular weight is 400 g/mol. The Morgan fingerprint density at radius 2 is 1.79 bits per heavy atom. The van der Waals surface area contributed by atoms with Gasteiger partial charge in [0.05, 0.1) is 11.4 Å². The Balaban J connectivity index is 2.18. The number of benzene rings is 2. The van der Waals surface area contributed by atoms with Crippen molar-refractivity contribution in [2.75, 3.05) is 6.54 Å². The summed E-state index contributed by atoms with van der Waals surface area (Å²) in [5.41, 5.74) is 4.21. The molecule has 1 heterocycles. The van der Waals surface area contributed by atoms with Crippen LogP contribution in [0.25, 0.3) is 11.3 Å². The van der Waals surface area contributed by atoms with E-state index in [-0.39, 0.29) is 0 Å². The second-order valence-electron chi connectivity index (χ2n) is 5.22. The lowest BCUT2D eigenvalue weighted by atomic mass is 10.1. The molecule has 0 atom stereocenters. The monoisotopic (exact) mass is 399 g/mol. The second kappa shape index (κ2) is 7.73. The molecule has 0 aliphatic carbocycles. The third kappa shape index (κ3) is 3.57. The van der Waals surface area contributed by atoms with Crippen LogP contribution >= 0.6 is 27.3 Å². The predicted octanol–water partition coefficient (Wildman–Crippen LogP) is 5.17. The minimum absolute atomic E-state index is 0.732. The molecule has 3 aromatic rings. The molecule has 0 aliphatic heterocycles. The maximum Gasteiger partial charge on any atom is 0.206 e. The van der Waals surface area contributed by atoms with Crippen LogP contribution in [0.3, 0.4) is 0 Å². The van der Waals surface area contributed by atoms with Crippen molar-refractivity contribution in [3.05, 3.63) is 74.8 Å². The maximum atomic E-state index is 4.85. The van der Waals surface area contributed by atoms with Crippen LogP contribution in [-0.4, -0.2) is 16.9 Å². The lowest BCUT2D eigenvalue weighted by molar-refractivity contribution is 0.827. The summed E-state index contributed by atoms with van der Waals surface area (Å²) < 4.78 is 2.99. The highest BCUT2D eigenvalue weighted by atomic mass is 79.9. The van der Waals surface area contributed by atoms with Crippen molar-refractivity contribution >= 4 is 33.0 Å². The van der Waals surface area contributed by atoms with Crippen LogP contribution in [-0.2, 0) is 0 Å². The number of halogens is 1. The van der Waals surface area contributed by atoms with Crippen LogP contribution in [0.1, 0.15) is 19.4 Å². The first-order valence-corrected chi connectivity index (χ1v) is 9.45. The molecule has 2 aromatic carbocycles. The normalized spacial score (nSPS) is 12.6. The highest BCUT2D eigenvalue weighted by Crippen LogP contribution is 2.28. The van der Waals surface area contributed by atoms with E-state index >= 15 is 0 Å². The van der Waals surface area contributed by atoms with Crippen molar-refractivity contribution < 1.29 is 0 Å². The molecule has 0 bridgehead atoms. The lowest BCUT2D eigenvalue weighted by Crippen LogP contribution is -2.14. The Morgan fingerprint density at radius 3 is 2.50 bits per heavy atom. The minimum atomic E-state index is 0.732. The largest absolute Gasteiger partial charge is 0.258 e. The Bertz CT molecular complexity index is 923. The minimum Gasteiger partial charge on any atom is -0.258 e. The summed E-state index contributed by atoms with van der Waals surface area (Å²) in [5, 5.41) is 6.96. The number of rotatable bonds is 4. The Labute approximate surface area is 154 Å².